The Kier molecular flexibility index (Phi) is 4.40. The quantitative estimate of drug-likeness (QED) is 0.574. The van der Waals surface area contributed by atoms with Crippen LogP contribution in [0.4, 0.5) is 11.5 Å². The number of carbonyl (C=O) groups excluding carboxylic acids is 1. The van der Waals surface area contributed by atoms with Crippen LogP contribution in [0.3, 0.4) is 0 Å². The maximum absolute atomic E-state index is 11.9. The van der Waals surface area contributed by atoms with E-state index < -0.39 is 5.97 Å². The molecule has 0 unspecified atom stereocenters. The van der Waals surface area contributed by atoms with Gasteiger partial charge in [-0.15, -0.1) is 0 Å². The van der Waals surface area contributed by atoms with Gasteiger partial charge >= 0.3 is 5.97 Å². The maximum Gasteiger partial charge on any atom is 0.358 e. The van der Waals surface area contributed by atoms with Gasteiger partial charge in [-0.1, -0.05) is 29.8 Å². The SMILES string of the molecule is CCOC(=O)c1cc2nc(Cl)cc(Nc3c(C)cccc3C)n2n1. The van der Waals surface area contributed by atoms with Gasteiger partial charge in [-0.25, -0.2) is 9.78 Å². The van der Waals surface area contributed by atoms with Crippen LogP contribution in [0.2, 0.25) is 5.15 Å². The van der Waals surface area contributed by atoms with Crippen LogP contribution in [0.15, 0.2) is 30.3 Å². The summed E-state index contributed by atoms with van der Waals surface area (Å²) in [4.78, 5) is 16.1. The molecule has 0 fully saturated rings. The average molecular weight is 345 g/mol. The number of benzene rings is 1. The molecule has 1 aromatic carbocycles. The van der Waals surface area contributed by atoms with Gasteiger partial charge in [-0.05, 0) is 31.9 Å². The predicted octanol–water partition coefficient (Wildman–Crippen LogP) is 3.92. The summed E-state index contributed by atoms with van der Waals surface area (Å²) in [7, 11) is 0. The van der Waals surface area contributed by atoms with Crippen molar-refractivity contribution in [1.82, 2.24) is 14.6 Å². The Bertz CT molecular complexity index is 900. The van der Waals surface area contributed by atoms with Crippen LogP contribution >= 0.6 is 11.6 Å². The number of anilines is 2. The standard InChI is InChI=1S/C17H17ClN4O2/c1-4-24-17(23)12-8-14-19-13(18)9-15(22(14)21-12)20-16-10(2)6-5-7-11(16)3/h5-9,20H,4H2,1-3H3. The van der Waals surface area contributed by atoms with Crippen LogP contribution in [0, 0.1) is 13.8 Å². The fourth-order valence-corrected chi connectivity index (χ4v) is 2.67. The molecule has 7 heteroatoms. The molecule has 0 saturated carbocycles. The summed E-state index contributed by atoms with van der Waals surface area (Å²) in [5, 5.41) is 7.93. The van der Waals surface area contributed by atoms with Gasteiger partial charge in [0.25, 0.3) is 0 Å². The lowest BCUT2D eigenvalue weighted by atomic mass is 10.1. The normalized spacial score (nSPS) is 10.8. The van der Waals surface area contributed by atoms with E-state index in [1.807, 2.05) is 32.0 Å². The number of rotatable bonds is 4. The van der Waals surface area contributed by atoms with Crippen LogP contribution in [0.1, 0.15) is 28.5 Å². The molecule has 2 heterocycles. The fraction of sp³-hybridized carbons (Fsp3) is 0.235. The van der Waals surface area contributed by atoms with Crippen molar-refractivity contribution in [2.75, 3.05) is 11.9 Å². The first-order valence-electron chi connectivity index (χ1n) is 7.56. The zero-order valence-corrected chi connectivity index (χ0v) is 14.4. The van der Waals surface area contributed by atoms with Gasteiger partial charge < -0.3 is 10.1 Å². The molecule has 0 radical (unpaired) electrons. The third-order valence-corrected chi connectivity index (χ3v) is 3.81. The topological polar surface area (TPSA) is 68.5 Å². The molecular weight excluding hydrogens is 328 g/mol. The second-order valence-electron chi connectivity index (χ2n) is 5.38. The zero-order valence-electron chi connectivity index (χ0n) is 13.6. The van der Waals surface area contributed by atoms with Crippen molar-refractivity contribution in [1.29, 1.82) is 0 Å². The molecule has 0 aliphatic heterocycles. The van der Waals surface area contributed by atoms with Crippen molar-refractivity contribution in [3.8, 4) is 0 Å². The Labute approximate surface area is 144 Å². The Hall–Kier alpha value is -2.60. The molecule has 6 nitrogen and oxygen atoms in total. The van der Waals surface area contributed by atoms with Gasteiger partial charge in [0.05, 0.1) is 6.61 Å². The van der Waals surface area contributed by atoms with E-state index in [1.54, 1.807) is 23.6 Å². The van der Waals surface area contributed by atoms with Crippen LogP contribution in [-0.2, 0) is 4.74 Å². The smallest absolute Gasteiger partial charge is 0.358 e. The van der Waals surface area contributed by atoms with Gasteiger partial charge in [-0.2, -0.15) is 9.61 Å². The minimum absolute atomic E-state index is 0.191. The molecule has 0 spiro atoms. The molecule has 0 amide bonds. The van der Waals surface area contributed by atoms with Crippen molar-refractivity contribution >= 4 is 34.7 Å². The summed E-state index contributed by atoms with van der Waals surface area (Å²) in [6.07, 6.45) is 0. The fourth-order valence-electron chi connectivity index (χ4n) is 2.48. The van der Waals surface area contributed by atoms with E-state index in [1.165, 1.54) is 0 Å². The highest BCUT2D eigenvalue weighted by atomic mass is 35.5. The summed E-state index contributed by atoms with van der Waals surface area (Å²) in [6, 6.07) is 9.25. The Morgan fingerprint density at radius 3 is 2.67 bits per heavy atom. The number of fused-ring (bicyclic) bond motifs is 1. The average Bonchev–Trinajstić information content (AvgIpc) is 2.95. The van der Waals surface area contributed by atoms with E-state index in [0.29, 0.717) is 16.6 Å². The lowest BCUT2D eigenvalue weighted by Gasteiger charge is -2.13. The number of hydrogen-bond acceptors (Lipinski definition) is 5. The van der Waals surface area contributed by atoms with Crippen LogP contribution in [-0.4, -0.2) is 27.2 Å². The molecule has 24 heavy (non-hydrogen) atoms. The van der Waals surface area contributed by atoms with Gasteiger partial charge in [0, 0.05) is 17.8 Å². The monoisotopic (exact) mass is 344 g/mol. The second kappa shape index (κ2) is 6.49. The minimum Gasteiger partial charge on any atom is -0.461 e. The summed E-state index contributed by atoms with van der Waals surface area (Å²) in [5.41, 5.74) is 3.81. The van der Waals surface area contributed by atoms with Gasteiger partial charge in [0.2, 0.25) is 0 Å². The first kappa shape index (κ1) is 16.3. The van der Waals surface area contributed by atoms with Gasteiger partial charge in [-0.3, -0.25) is 0 Å². The second-order valence-corrected chi connectivity index (χ2v) is 5.76. The lowest BCUT2D eigenvalue weighted by Crippen LogP contribution is -2.07. The van der Waals surface area contributed by atoms with E-state index in [4.69, 9.17) is 16.3 Å². The van der Waals surface area contributed by atoms with Crippen molar-refractivity contribution < 1.29 is 9.53 Å². The molecule has 0 bridgehead atoms. The maximum atomic E-state index is 11.9. The van der Waals surface area contributed by atoms with Crippen LogP contribution in [0.5, 0.6) is 0 Å². The molecule has 0 atom stereocenters. The lowest BCUT2D eigenvalue weighted by molar-refractivity contribution is 0.0519. The third kappa shape index (κ3) is 3.05. The molecule has 3 aromatic rings. The number of esters is 1. The molecule has 124 valence electrons. The van der Waals surface area contributed by atoms with Gasteiger partial charge in [0.1, 0.15) is 11.0 Å². The Morgan fingerprint density at radius 1 is 1.29 bits per heavy atom. The first-order chi connectivity index (χ1) is 11.5. The van der Waals surface area contributed by atoms with Crippen LogP contribution in [0.25, 0.3) is 5.65 Å². The Morgan fingerprint density at radius 2 is 2.00 bits per heavy atom. The zero-order chi connectivity index (χ0) is 17.3. The van der Waals surface area contributed by atoms with Crippen molar-refractivity contribution in [3.63, 3.8) is 0 Å². The number of hydrogen-bond donors (Lipinski definition) is 1. The molecule has 1 N–H and O–H groups in total. The summed E-state index contributed by atoms with van der Waals surface area (Å²) in [5.74, 6) is 0.134. The van der Waals surface area contributed by atoms with Crippen molar-refractivity contribution in [3.05, 3.63) is 52.3 Å². The van der Waals surface area contributed by atoms with E-state index >= 15 is 0 Å². The molecule has 3 rings (SSSR count). The number of aromatic nitrogens is 3. The number of halogens is 1. The number of nitrogens with one attached hydrogen (secondary N) is 1. The first-order valence-corrected chi connectivity index (χ1v) is 7.94. The van der Waals surface area contributed by atoms with E-state index in [-0.39, 0.29) is 12.3 Å². The molecule has 0 aliphatic carbocycles. The van der Waals surface area contributed by atoms with E-state index in [2.05, 4.69) is 15.4 Å². The number of ether oxygens (including phenoxy) is 1. The number of aryl methyl sites for hydroxylation is 2. The molecule has 0 saturated heterocycles. The van der Waals surface area contributed by atoms with Crippen LogP contribution < -0.4 is 5.32 Å². The van der Waals surface area contributed by atoms with Crippen molar-refractivity contribution in [2.45, 2.75) is 20.8 Å². The predicted molar refractivity (Wildman–Crippen MR) is 93.2 cm³/mol. The van der Waals surface area contributed by atoms with E-state index in [9.17, 15) is 4.79 Å². The molecule has 0 aliphatic rings. The largest absolute Gasteiger partial charge is 0.461 e. The summed E-state index contributed by atoms with van der Waals surface area (Å²) in [6.45, 7) is 6.07. The third-order valence-electron chi connectivity index (χ3n) is 3.61. The Balaban J connectivity index is 2.08. The molecule has 2 aromatic heterocycles. The minimum atomic E-state index is -0.489. The number of para-hydroxylation sites is 1. The highest BCUT2D eigenvalue weighted by molar-refractivity contribution is 6.29. The van der Waals surface area contributed by atoms with E-state index in [0.717, 1.165) is 16.8 Å². The molecular formula is C17H17ClN4O2. The summed E-state index contributed by atoms with van der Waals surface area (Å²) >= 11 is 6.11. The number of carbonyl (C=O) groups is 1. The summed E-state index contributed by atoms with van der Waals surface area (Å²) < 4.78 is 6.53. The highest BCUT2D eigenvalue weighted by Gasteiger charge is 2.16. The van der Waals surface area contributed by atoms with Crippen molar-refractivity contribution in [2.24, 2.45) is 0 Å². The number of nitrogens with zero attached hydrogens (tertiary/aromatic N) is 3. The highest BCUT2D eigenvalue weighted by Crippen LogP contribution is 2.26. The van der Waals surface area contributed by atoms with Gasteiger partial charge in [0.15, 0.2) is 11.3 Å².